The van der Waals surface area contributed by atoms with E-state index < -0.39 is 0 Å². The Kier molecular flexibility index (Phi) is 3.17. The van der Waals surface area contributed by atoms with Gasteiger partial charge in [-0.25, -0.2) is 0 Å². The summed E-state index contributed by atoms with van der Waals surface area (Å²) in [5, 5.41) is 4.70. The van der Waals surface area contributed by atoms with Crippen LogP contribution >= 0.6 is 11.3 Å². The van der Waals surface area contributed by atoms with E-state index >= 15 is 0 Å². The highest BCUT2D eigenvalue weighted by Gasteiger charge is 2.18. The minimum atomic E-state index is 0.907. The quantitative estimate of drug-likeness (QED) is 0.723. The lowest BCUT2D eigenvalue weighted by molar-refractivity contribution is 0.248. The fourth-order valence-corrected chi connectivity index (χ4v) is 4.01. The number of benzene rings is 2. The molecule has 0 unspecified atom stereocenters. The van der Waals surface area contributed by atoms with E-state index in [1.54, 1.807) is 4.88 Å². The SMILES string of the molecule is Nc1cc2ccccc2cc1CN1CCc2sccc2C1. The molecule has 0 radical (unpaired) electrons. The lowest BCUT2D eigenvalue weighted by Crippen LogP contribution is -2.29. The van der Waals surface area contributed by atoms with Gasteiger partial charge >= 0.3 is 0 Å². The summed E-state index contributed by atoms with van der Waals surface area (Å²) in [4.78, 5) is 4.05. The van der Waals surface area contributed by atoms with Gasteiger partial charge in [-0.15, -0.1) is 11.3 Å². The minimum absolute atomic E-state index is 0.907. The van der Waals surface area contributed by atoms with Crippen molar-refractivity contribution in [1.82, 2.24) is 4.90 Å². The Bertz CT molecular complexity index is 791. The van der Waals surface area contributed by atoms with Gasteiger partial charge in [0.15, 0.2) is 0 Å². The summed E-state index contributed by atoms with van der Waals surface area (Å²) in [5.41, 5.74) is 9.90. The molecule has 1 aliphatic heterocycles. The van der Waals surface area contributed by atoms with Gasteiger partial charge in [0.25, 0.3) is 0 Å². The number of hydrogen-bond acceptors (Lipinski definition) is 3. The molecule has 2 N–H and O–H groups in total. The molecule has 0 saturated carbocycles. The Labute approximate surface area is 128 Å². The summed E-state index contributed by atoms with van der Waals surface area (Å²) in [7, 11) is 0. The number of hydrogen-bond donors (Lipinski definition) is 1. The predicted molar refractivity (Wildman–Crippen MR) is 90.5 cm³/mol. The highest BCUT2D eigenvalue weighted by atomic mass is 32.1. The molecule has 2 aromatic carbocycles. The molecule has 0 fully saturated rings. The summed E-state index contributed by atoms with van der Waals surface area (Å²) in [6.45, 7) is 3.11. The van der Waals surface area contributed by atoms with Crippen molar-refractivity contribution in [3.8, 4) is 0 Å². The summed E-state index contributed by atoms with van der Waals surface area (Å²) in [6, 6.07) is 15.0. The third kappa shape index (κ3) is 2.43. The van der Waals surface area contributed by atoms with E-state index in [4.69, 9.17) is 5.73 Å². The van der Waals surface area contributed by atoms with Gasteiger partial charge < -0.3 is 5.73 Å². The van der Waals surface area contributed by atoms with Crippen molar-refractivity contribution in [3.63, 3.8) is 0 Å². The number of nitrogens with zero attached hydrogens (tertiary/aromatic N) is 1. The van der Waals surface area contributed by atoms with Gasteiger partial charge in [-0.1, -0.05) is 24.3 Å². The average Bonchev–Trinajstić information content (AvgIpc) is 2.95. The average molecular weight is 294 g/mol. The predicted octanol–water partition coefficient (Wildman–Crippen LogP) is 4.04. The lowest BCUT2D eigenvalue weighted by atomic mass is 10.0. The zero-order chi connectivity index (χ0) is 14.2. The molecule has 0 spiro atoms. The van der Waals surface area contributed by atoms with Crippen LogP contribution in [0.4, 0.5) is 5.69 Å². The van der Waals surface area contributed by atoms with Crippen LogP contribution in [-0.4, -0.2) is 11.4 Å². The molecule has 0 bridgehead atoms. The first-order valence-corrected chi connectivity index (χ1v) is 8.22. The fourth-order valence-electron chi connectivity index (χ4n) is 3.12. The van der Waals surface area contributed by atoms with Crippen LogP contribution in [0.15, 0.2) is 47.8 Å². The van der Waals surface area contributed by atoms with E-state index in [0.29, 0.717) is 0 Å². The number of fused-ring (bicyclic) bond motifs is 2. The summed E-state index contributed by atoms with van der Waals surface area (Å²) >= 11 is 1.89. The second kappa shape index (κ2) is 5.17. The number of rotatable bonds is 2. The van der Waals surface area contributed by atoms with Gasteiger partial charge in [0, 0.05) is 30.2 Å². The van der Waals surface area contributed by atoms with E-state index in [1.807, 2.05) is 11.3 Å². The molecule has 1 aromatic heterocycles. The van der Waals surface area contributed by atoms with E-state index in [-0.39, 0.29) is 0 Å². The highest BCUT2D eigenvalue weighted by molar-refractivity contribution is 7.10. The molecule has 21 heavy (non-hydrogen) atoms. The molecule has 0 atom stereocenters. The summed E-state index contributed by atoms with van der Waals surface area (Å²) < 4.78 is 0. The van der Waals surface area contributed by atoms with Crippen LogP contribution in [0.5, 0.6) is 0 Å². The number of anilines is 1. The van der Waals surface area contributed by atoms with Crippen molar-refractivity contribution in [2.45, 2.75) is 19.5 Å². The topological polar surface area (TPSA) is 29.3 Å². The molecule has 2 heterocycles. The number of thiophene rings is 1. The second-order valence-corrected chi connectivity index (χ2v) is 6.73. The molecule has 106 valence electrons. The maximum Gasteiger partial charge on any atom is 0.0366 e. The van der Waals surface area contributed by atoms with Gasteiger partial charge in [-0.2, -0.15) is 0 Å². The molecule has 0 aliphatic carbocycles. The first kappa shape index (κ1) is 12.9. The first-order chi connectivity index (χ1) is 10.3. The summed E-state index contributed by atoms with van der Waals surface area (Å²) in [6.07, 6.45) is 1.17. The van der Waals surface area contributed by atoms with Crippen LogP contribution in [0, 0.1) is 0 Å². The third-order valence-electron chi connectivity index (χ3n) is 4.29. The first-order valence-electron chi connectivity index (χ1n) is 7.34. The maximum absolute atomic E-state index is 6.25. The Morgan fingerprint density at radius 1 is 1.10 bits per heavy atom. The van der Waals surface area contributed by atoms with Crippen molar-refractivity contribution in [3.05, 3.63) is 63.8 Å². The van der Waals surface area contributed by atoms with Crippen LogP contribution in [-0.2, 0) is 19.5 Å². The van der Waals surface area contributed by atoms with E-state index in [9.17, 15) is 0 Å². The minimum Gasteiger partial charge on any atom is -0.398 e. The third-order valence-corrected chi connectivity index (χ3v) is 5.31. The molecule has 3 aromatic rings. The zero-order valence-corrected chi connectivity index (χ0v) is 12.7. The smallest absolute Gasteiger partial charge is 0.0366 e. The normalized spacial score (nSPS) is 15.2. The van der Waals surface area contributed by atoms with Gasteiger partial charge in [-0.3, -0.25) is 4.90 Å². The standard InChI is InChI=1S/C18H18N2S/c19-17-10-14-4-2-1-3-13(14)9-16(17)12-20-7-5-18-15(11-20)6-8-21-18/h1-4,6,8-10H,5,7,11-12,19H2. The maximum atomic E-state index is 6.25. The Morgan fingerprint density at radius 3 is 2.76 bits per heavy atom. The highest BCUT2D eigenvalue weighted by Crippen LogP contribution is 2.27. The van der Waals surface area contributed by atoms with Gasteiger partial charge in [-0.05, 0) is 51.9 Å². The Hall–Kier alpha value is -1.84. The Balaban J connectivity index is 1.61. The van der Waals surface area contributed by atoms with Gasteiger partial charge in [0.05, 0.1) is 0 Å². The number of nitrogens with two attached hydrogens (primary N) is 1. The van der Waals surface area contributed by atoms with Crippen molar-refractivity contribution < 1.29 is 0 Å². The van der Waals surface area contributed by atoms with Crippen LogP contribution in [0.2, 0.25) is 0 Å². The van der Waals surface area contributed by atoms with Crippen molar-refractivity contribution in [1.29, 1.82) is 0 Å². The zero-order valence-electron chi connectivity index (χ0n) is 11.9. The number of nitrogen functional groups attached to an aromatic ring is 1. The van der Waals surface area contributed by atoms with E-state index in [1.165, 1.54) is 28.3 Å². The summed E-state index contributed by atoms with van der Waals surface area (Å²) in [5.74, 6) is 0. The molecular formula is C18H18N2S. The van der Waals surface area contributed by atoms with Crippen LogP contribution < -0.4 is 5.73 Å². The molecule has 3 heteroatoms. The van der Waals surface area contributed by atoms with E-state index in [2.05, 4.69) is 52.7 Å². The molecule has 4 rings (SSSR count). The van der Waals surface area contributed by atoms with Crippen LogP contribution in [0.3, 0.4) is 0 Å². The monoisotopic (exact) mass is 294 g/mol. The fraction of sp³-hybridized carbons (Fsp3) is 0.222. The van der Waals surface area contributed by atoms with Gasteiger partial charge in [0.1, 0.15) is 0 Å². The molecule has 2 nitrogen and oxygen atoms in total. The molecular weight excluding hydrogens is 276 g/mol. The second-order valence-electron chi connectivity index (χ2n) is 5.73. The van der Waals surface area contributed by atoms with Crippen LogP contribution in [0.1, 0.15) is 16.0 Å². The molecule has 0 amide bonds. The van der Waals surface area contributed by atoms with E-state index in [0.717, 1.165) is 25.3 Å². The van der Waals surface area contributed by atoms with Gasteiger partial charge in [0.2, 0.25) is 0 Å². The van der Waals surface area contributed by atoms with Crippen molar-refractivity contribution in [2.24, 2.45) is 0 Å². The Morgan fingerprint density at radius 2 is 1.90 bits per heavy atom. The van der Waals surface area contributed by atoms with Crippen molar-refractivity contribution >= 4 is 27.8 Å². The largest absolute Gasteiger partial charge is 0.398 e. The van der Waals surface area contributed by atoms with Crippen molar-refractivity contribution in [2.75, 3.05) is 12.3 Å². The van der Waals surface area contributed by atoms with Crippen LogP contribution in [0.25, 0.3) is 10.8 Å². The molecule has 1 aliphatic rings. The lowest BCUT2D eigenvalue weighted by Gasteiger charge is -2.27. The molecule has 0 saturated heterocycles.